The Labute approximate surface area is 192 Å². The average Bonchev–Trinajstić information content (AvgIpc) is 2.54. The molecule has 30 heavy (non-hydrogen) atoms. The van der Waals surface area contributed by atoms with Crippen LogP contribution in [0.15, 0.2) is 0 Å². The van der Waals surface area contributed by atoms with Gasteiger partial charge in [0.15, 0.2) is 25.0 Å². The molecule has 0 rings (SSSR count). The van der Waals surface area contributed by atoms with Crippen molar-refractivity contribution in [2.75, 3.05) is 28.4 Å². The van der Waals surface area contributed by atoms with Gasteiger partial charge in [-0.1, -0.05) is 0 Å². The molecule has 0 heterocycles. The normalized spacial score (nSPS) is 16.1. The van der Waals surface area contributed by atoms with Gasteiger partial charge in [0.25, 0.3) is 0 Å². The molecule has 0 N–H and O–H groups in total. The van der Waals surface area contributed by atoms with Crippen LogP contribution in [-0.4, -0.2) is 79.3 Å². The van der Waals surface area contributed by atoms with Crippen LogP contribution in [0.3, 0.4) is 0 Å². The minimum atomic E-state index is -3.28. The van der Waals surface area contributed by atoms with E-state index in [2.05, 4.69) is 72.0 Å². The monoisotopic (exact) mass is 532 g/mol. The summed E-state index contributed by atoms with van der Waals surface area (Å²) >= 11 is 0. The van der Waals surface area contributed by atoms with Crippen molar-refractivity contribution in [3.63, 3.8) is 0 Å². The van der Waals surface area contributed by atoms with Gasteiger partial charge >= 0.3 is 25.9 Å². The van der Waals surface area contributed by atoms with E-state index in [0.717, 1.165) is 0 Å². The van der Waals surface area contributed by atoms with Crippen molar-refractivity contribution < 1.29 is 30.0 Å². The van der Waals surface area contributed by atoms with Crippen LogP contribution in [0, 0.1) is 0 Å². The molecule has 0 aliphatic carbocycles. The molecule has 0 fully saturated rings. The van der Waals surface area contributed by atoms with Crippen LogP contribution in [0.25, 0.3) is 0 Å². The van der Waals surface area contributed by atoms with Gasteiger partial charge in [-0.05, 0) is 72.0 Å². The summed E-state index contributed by atoms with van der Waals surface area (Å²) in [5.74, 6) is 0. The largest absolute Gasteiger partial charge is 0.474 e. The van der Waals surface area contributed by atoms with Gasteiger partial charge in [-0.15, -0.1) is 0 Å². The highest BCUT2D eigenvalue weighted by molar-refractivity contribution is 6.97. The Balaban J connectivity index is 7.02. The fraction of sp³-hybridized carbons (Fsp3) is 1.00. The summed E-state index contributed by atoms with van der Waals surface area (Å²) in [6.07, 6.45) is 0. The number of rotatable bonds is 14. The second kappa shape index (κ2) is 11.0. The molecule has 1 atom stereocenters. The van der Waals surface area contributed by atoms with Crippen molar-refractivity contribution in [1.29, 1.82) is 0 Å². The van der Waals surface area contributed by atoms with Gasteiger partial charge in [0.1, 0.15) is 0 Å². The zero-order valence-corrected chi connectivity index (χ0v) is 28.1. The Hall–Kier alpha value is 1.02. The predicted octanol–water partition coefficient (Wildman–Crippen LogP) is 5.12. The SMILES string of the molecule is CO[Si](C)(CC([Si](C)(OC)OC)[Si](O[Si](C)(C)C)(O[Si](C)(C)C)O[Si](C)(C)C)OC. The van der Waals surface area contributed by atoms with E-state index >= 15 is 0 Å². The molecule has 0 spiro atoms. The lowest BCUT2D eigenvalue weighted by atomic mass is 10.9. The highest BCUT2D eigenvalue weighted by Crippen LogP contribution is 2.45. The minimum absolute atomic E-state index is 0.165. The highest BCUT2D eigenvalue weighted by Gasteiger charge is 2.65. The van der Waals surface area contributed by atoms with Crippen LogP contribution in [-0.2, 0) is 30.0 Å². The van der Waals surface area contributed by atoms with Crippen molar-refractivity contribution in [2.24, 2.45) is 0 Å². The van der Waals surface area contributed by atoms with Crippen molar-refractivity contribution in [3.05, 3.63) is 0 Å². The lowest BCUT2D eigenvalue weighted by molar-refractivity contribution is 0.198. The third kappa shape index (κ3) is 9.88. The molecule has 182 valence electrons. The fourth-order valence-corrected chi connectivity index (χ4v) is 28.3. The molecule has 0 amide bonds. The molecule has 0 aromatic heterocycles. The van der Waals surface area contributed by atoms with E-state index in [0.29, 0.717) is 6.04 Å². The molecular formula is C17H48O7Si6. The van der Waals surface area contributed by atoms with Crippen LogP contribution in [0.2, 0.25) is 83.2 Å². The zero-order valence-electron chi connectivity index (χ0n) is 22.1. The van der Waals surface area contributed by atoms with E-state index in [9.17, 15) is 0 Å². The second-order valence-electron chi connectivity index (χ2n) is 11.0. The van der Waals surface area contributed by atoms with E-state index in [1.165, 1.54) is 0 Å². The van der Waals surface area contributed by atoms with Gasteiger partial charge in [0, 0.05) is 34.5 Å². The van der Waals surface area contributed by atoms with E-state index in [1.807, 2.05) is 0 Å². The summed E-state index contributed by atoms with van der Waals surface area (Å²) in [4.78, 5) is 0. The molecule has 0 aliphatic rings. The maximum absolute atomic E-state index is 7.01. The maximum atomic E-state index is 7.01. The Morgan fingerprint density at radius 1 is 0.500 bits per heavy atom. The first-order valence-electron chi connectivity index (χ1n) is 10.5. The summed E-state index contributed by atoms with van der Waals surface area (Å²) in [5, 5.41) is -0.165. The molecule has 0 saturated heterocycles. The number of hydrogen-bond donors (Lipinski definition) is 0. The lowest BCUT2D eigenvalue weighted by Crippen LogP contribution is -2.69. The maximum Gasteiger partial charge on any atom is 0.474 e. The topological polar surface area (TPSA) is 64.6 Å². The first-order chi connectivity index (χ1) is 13.2. The first kappa shape index (κ1) is 31.0. The van der Waals surface area contributed by atoms with E-state index < -0.39 is 50.9 Å². The second-order valence-corrected chi connectivity index (χ2v) is 35.6. The van der Waals surface area contributed by atoms with Gasteiger partial charge in [-0.25, -0.2) is 0 Å². The standard InChI is InChI=1S/C17H48O7Si6/c1-18-28(14,19-2)16-17(29(15,20-3)21-4)30(22-25(5,6)7,23-26(8,9)10)24-27(11,12)13/h17H,16H2,1-15H3. The Bertz CT molecular complexity index is 481. The van der Waals surface area contributed by atoms with Gasteiger partial charge in [0.05, 0.1) is 5.16 Å². The van der Waals surface area contributed by atoms with Gasteiger partial charge < -0.3 is 30.0 Å². The van der Waals surface area contributed by atoms with Gasteiger partial charge in [0.2, 0.25) is 0 Å². The Morgan fingerprint density at radius 2 is 0.800 bits per heavy atom. The summed E-state index contributed by atoms with van der Waals surface area (Å²) in [6.45, 7) is 23.8. The molecule has 0 aromatic carbocycles. The van der Waals surface area contributed by atoms with Crippen molar-refractivity contribution >= 4 is 50.9 Å². The van der Waals surface area contributed by atoms with Crippen LogP contribution < -0.4 is 0 Å². The van der Waals surface area contributed by atoms with Crippen molar-refractivity contribution in [3.8, 4) is 0 Å². The molecule has 7 nitrogen and oxygen atoms in total. The van der Waals surface area contributed by atoms with Crippen LogP contribution in [0.1, 0.15) is 0 Å². The van der Waals surface area contributed by atoms with E-state index in [-0.39, 0.29) is 5.16 Å². The third-order valence-corrected chi connectivity index (χ3v) is 25.9. The minimum Gasteiger partial charge on any atom is -0.417 e. The smallest absolute Gasteiger partial charge is 0.417 e. The molecular weight excluding hydrogens is 485 g/mol. The van der Waals surface area contributed by atoms with E-state index in [1.54, 1.807) is 28.4 Å². The van der Waals surface area contributed by atoms with Crippen LogP contribution in [0.5, 0.6) is 0 Å². The summed E-state index contributed by atoms with van der Waals surface area (Å²) in [7, 11) is -7.87. The molecule has 0 bridgehead atoms. The third-order valence-electron chi connectivity index (χ3n) is 4.65. The first-order valence-corrected chi connectivity index (χ1v) is 27.5. The quantitative estimate of drug-likeness (QED) is 0.288. The van der Waals surface area contributed by atoms with Crippen molar-refractivity contribution in [1.82, 2.24) is 0 Å². The average molecular weight is 533 g/mol. The predicted molar refractivity (Wildman–Crippen MR) is 139 cm³/mol. The summed E-state index contributed by atoms with van der Waals surface area (Å²) in [6, 6.07) is 0.635. The molecule has 0 radical (unpaired) electrons. The molecule has 0 aliphatic heterocycles. The molecule has 0 saturated carbocycles. The van der Waals surface area contributed by atoms with E-state index in [4.69, 9.17) is 30.0 Å². The van der Waals surface area contributed by atoms with Crippen LogP contribution in [0.4, 0.5) is 0 Å². The Morgan fingerprint density at radius 3 is 1.00 bits per heavy atom. The highest BCUT2D eigenvalue weighted by atomic mass is 28.5. The van der Waals surface area contributed by atoms with Gasteiger partial charge in [-0.3, -0.25) is 0 Å². The van der Waals surface area contributed by atoms with Gasteiger partial charge in [-0.2, -0.15) is 0 Å². The van der Waals surface area contributed by atoms with Crippen molar-refractivity contribution in [2.45, 2.75) is 83.2 Å². The molecule has 13 heteroatoms. The lowest BCUT2D eigenvalue weighted by Gasteiger charge is -2.50. The molecule has 0 aromatic rings. The fourth-order valence-electron chi connectivity index (χ4n) is 3.18. The zero-order chi connectivity index (χ0) is 24.2. The number of hydrogen-bond acceptors (Lipinski definition) is 7. The summed E-state index contributed by atoms with van der Waals surface area (Å²) < 4.78 is 45.1. The molecule has 1 unspecified atom stereocenters. The Kier molecular flexibility index (Phi) is 11.3. The van der Waals surface area contributed by atoms with Crippen LogP contribution >= 0.6 is 0 Å². The summed E-state index contributed by atoms with van der Waals surface area (Å²) in [5.41, 5.74) is 0.